The molecule has 1 saturated heterocycles. The lowest BCUT2D eigenvalue weighted by Crippen LogP contribution is -2.30. The molecule has 0 aliphatic carbocycles. The number of carbonyl (C=O) groups is 1. The van der Waals surface area contributed by atoms with Gasteiger partial charge in [0.05, 0.1) is 13.2 Å². The van der Waals surface area contributed by atoms with Crippen LogP contribution in [0.2, 0.25) is 0 Å². The molecule has 1 aliphatic heterocycles. The van der Waals surface area contributed by atoms with Gasteiger partial charge in [-0.05, 0) is 42.5 Å². The minimum Gasteiger partial charge on any atom is -0.497 e. The third-order valence-corrected chi connectivity index (χ3v) is 4.45. The van der Waals surface area contributed by atoms with Crippen LogP contribution >= 0.6 is 0 Å². The molecule has 1 N–H and O–H groups in total. The summed E-state index contributed by atoms with van der Waals surface area (Å²) in [5.74, 6) is 1.17. The van der Waals surface area contributed by atoms with Crippen molar-refractivity contribution < 1.29 is 9.53 Å². The standard InChI is InChI=1S/C18H23N3O2/c1-12(2)15-11-16(20-19-15)18(22)21-10-4-5-17(21)13-6-8-14(23-3)9-7-13/h6-9,11-12,17H,4-5,10H2,1-3H3,(H,19,20). The topological polar surface area (TPSA) is 58.2 Å². The molecule has 1 fully saturated rings. The van der Waals surface area contributed by atoms with E-state index in [1.54, 1.807) is 7.11 Å². The third-order valence-electron chi connectivity index (χ3n) is 4.45. The maximum Gasteiger partial charge on any atom is 0.274 e. The van der Waals surface area contributed by atoms with Gasteiger partial charge in [-0.2, -0.15) is 5.10 Å². The molecule has 1 atom stereocenters. The van der Waals surface area contributed by atoms with E-state index in [4.69, 9.17) is 4.74 Å². The lowest BCUT2D eigenvalue weighted by Gasteiger charge is -2.24. The van der Waals surface area contributed by atoms with Crippen LogP contribution in [0.25, 0.3) is 0 Å². The van der Waals surface area contributed by atoms with E-state index in [9.17, 15) is 4.79 Å². The first-order valence-electron chi connectivity index (χ1n) is 8.10. The molecule has 0 saturated carbocycles. The number of ether oxygens (including phenoxy) is 1. The molecule has 1 aromatic carbocycles. The summed E-state index contributed by atoms with van der Waals surface area (Å²) < 4.78 is 5.21. The average molecular weight is 313 g/mol. The molecule has 5 heteroatoms. The molecule has 1 amide bonds. The van der Waals surface area contributed by atoms with Gasteiger partial charge < -0.3 is 9.64 Å². The van der Waals surface area contributed by atoms with E-state index < -0.39 is 0 Å². The number of nitrogens with one attached hydrogen (secondary N) is 1. The van der Waals surface area contributed by atoms with Crippen LogP contribution in [0.4, 0.5) is 0 Å². The van der Waals surface area contributed by atoms with Crippen LogP contribution in [0.15, 0.2) is 30.3 Å². The van der Waals surface area contributed by atoms with Crippen molar-refractivity contribution >= 4 is 5.91 Å². The lowest BCUT2D eigenvalue weighted by atomic mass is 10.0. The summed E-state index contributed by atoms with van der Waals surface area (Å²) in [5.41, 5.74) is 2.65. The van der Waals surface area contributed by atoms with Gasteiger partial charge in [0.1, 0.15) is 11.4 Å². The van der Waals surface area contributed by atoms with Gasteiger partial charge in [0.2, 0.25) is 0 Å². The highest BCUT2D eigenvalue weighted by Crippen LogP contribution is 2.33. The Morgan fingerprint density at radius 3 is 2.70 bits per heavy atom. The van der Waals surface area contributed by atoms with Crippen LogP contribution in [-0.2, 0) is 0 Å². The molecule has 5 nitrogen and oxygen atoms in total. The van der Waals surface area contributed by atoms with Crippen molar-refractivity contribution in [3.05, 3.63) is 47.3 Å². The number of aromatic amines is 1. The Labute approximate surface area is 136 Å². The summed E-state index contributed by atoms with van der Waals surface area (Å²) in [6.45, 7) is 4.94. The van der Waals surface area contributed by atoms with Gasteiger partial charge in [-0.15, -0.1) is 0 Å². The van der Waals surface area contributed by atoms with Crippen molar-refractivity contribution in [1.82, 2.24) is 15.1 Å². The first-order chi connectivity index (χ1) is 11.1. The van der Waals surface area contributed by atoms with Gasteiger partial charge in [-0.1, -0.05) is 26.0 Å². The largest absolute Gasteiger partial charge is 0.497 e. The van der Waals surface area contributed by atoms with Crippen LogP contribution in [0.5, 0.6) is 5.75 Å². The monoisotopic (exact) mass is 313 g/mol. The highest BCUT2D eigenvalue weighted by atomic mass is 16.5. The van der Waals surface area contributed by atoms with E-state index in [0.717, 1.165) is 36.4 Å². The maximum atomic E-state index is 12.8. The Hall–Kier alpha value is -2.30. The summed E-state index contributed by atoms with van der Waals surface area (Å²) in [6.07, 6.45) is 2.00. The van der Waals surface area contributed by atoms with Gasteiger partial charge in [-0.25, -0.2) is 0 Å². The molecule has 1 unspecified atom stereocenters. The second-order valence-corrected chi connectivity index (χ2v) is 6.29. The first-order valence-corrected chi connectivity index (χ1v) is 8.10. The van der Waals surface area contributed by atoms with Gasteiger partial charge >= 0.3 is 0 Å². The van der Waals surface area contributed by atoms with Gasteiger partial charge in [-0.3, -0.25) is 9.89 Å². The summed E-state index contributed by atoms with van der Waals surface area (Å²) >= 11 is 0. The van der Waals surface area contributed by atoms with E-state index in [2.05, 4.69) is 24.0 Å². The second-order valence-electron chi connectivity index (χ2n) is 6.29. The number of nitrogens with zero attached hydrogens (tertiary/aromatic N) is 2. The molecule has 3 rings (SSSR count). The molecule has 0 spiro atoms. The minimum absolute atomic E-state index is 0.00599. The number of rotatable bonds is 4. The number of aromatic nitrogens is 2. The molecule has 2 aromatic rings. The number of methoxy groups -OCH3 is 1. The third kappa shape index (κ3) is 3.09. The highest BCUT2D eigenvalue weighted by Gasteiger charge is 2.31. The van der Waals surface area contributed by atoms with Gasteiger partial charge in [0.25, 0.3) is 5.91 Å². The van der Waals surface area contributed by atoms with E-state index in [1.807, 2.05) is 35.2 Å². The molecule has 1 aromatic heterocycles. The number of amides is 1. The predicted octanol–water partition coefficient (Wildman–Crippen LogP) is 3.52. The summed E-state index contributed by atoms with van der Waals surface area (Å²) in [5, 5.41) is 7.17. The Morgan fingerprint density at radius 1 is 1.35 bits per heavy atom. The molecule has 122 valence electrons. The minimum atomic E-state index is 0.00599. The summed E-state index contributed by atoms with van der Waals surface area (Å²) in [7, 11) is 1.66. The molecule has 23 heavy (non-hydrogen) atoms. The Morgan fingerprint density at radius 2 is 2.09 bits per heavy atom. The maximum absolute atomic E-state index is 12.8. The summed E-state index contributed by atoms with van der Waals surface area (Å²) in [4.78, 5) is 14.7. The van der Waals surface area contributed by atoms with Crippen LogP contribution < -0.4 is 4.74 Å². The zero-order chi connectivity index (χ0) is 16.4. The Balaban J connectivity index is 1.80. The van der Waals surface area contributed by atoms with Crippen LogP contribution in [0.1, 0.15) is 60.4 Å². The quantitative estimate of drug-likeness (QED) is 0.939. The highest BCUT2D eigenvalue weighted by molar-refractivity contribution is 5.93. The molecular weight excluding hydrogens is 290 g/mol. The molecule has 1 aliphatic rings. The average Bonchev–Trinajstić information content (AvgIpc) is 3.23. The van der Waals surface area contributed by atoms with Gasteiger partial charge in [0, 0.05) is 12.2 Å². The molecular formula is C18H23N3O2. The number of H-pyrrole nitrogens is 1. The van der Waals surface area contributed by atoms with Crippen molar-refractivity contribution in [2.24, 2.45) is 0 Å². The normalized spacial score (nSPS) is 17.7. The van der Waals surface area contributed by atoms with Crippen LogP contribution in [-0.4, -0.2) is 34.7 Å². The van der Waals surface area contributed by atoms with Crippen molar-refractivity contribution in [3.63, 3.8) is 0 Å². The van der Waals surface area contributed by atoms with E-state index in [-0.39, 0.29) is 11.9 Å². The fourth-order valence-corrected chi connectivity index (χ4v) is 3.07. The Kier molecular flexibility index (Phi) is 4.37. The van der Waals surface area contributed by atoms with Crippen molar-refractivity contribution in [3.8, 4) is 5.75 Å². The number of likely N-dealkylation sites (tertiary alicyclic amines) is 1. The van der Waals surface area contributed by atoms with Crippen LogP contribution in [0.3, 0.4) is 0 Å². The van der Waals surface area contributed by atoms with Crippen molar-refractivity contribution in [2.75, 3.05) is 13.7 Å². The summed E-state index contributed by atoms with van der Waals surface area (Å²) in [6, 6.07) is 9.96. The van der Waals surface area contributed by atoms with Crippen LogP contribution in [0, 0.1) is 0 Å². The van der Waals surface area contributed by atoms with E-state index in [1.165, 1.54) is 0 Å². The number of hydrogen-bond acceptors (Lipinski definition) is 3. The zero-order valence-electron chi connectivity index (χ0n) is 13.9. The van der Waals surface area contributed by atoms with Crippen molar-refractivity contribution in [2.45, 2.75) is 38.6 Å². The van der Waals surface area contributed by atoms with Gasteiger partial charge in [0.15, 0.2) is 0 Å². The Bertz CT molecular complexity index is 676. The number of carbonyl (C=O) groups excluding carboxylic acids is 1. The SMILES string of the molecule is COc1ccc(C2CCCN2C(=O)c2cc(C(C)C)[nH]n2)cc1. The van der Waals surface area contributed by atoms with E-state index in [0.29, 0.717) is 11.6 Å². The second kappa shape index (κ2) is 6.44. The lowest BCUT2D eigenvalue weighted by molar-refractivity contribution is 0.0729. The molecule has 2 heterocycles. The smallest absolute Gasteiger partial charge is 0.274 e. The van der Waals surface area contributed by atoms with Crippen molar-refractivity contribution in [1.29, 1.82) is 0 Å². The fourth-order valence-electron chi connectivity index (χ4n) is 3.07. The zero-order valence-corrected chi connectivity index (χ0v) is 13.9. The predicted molar refractivity (Wildman–Crippen MR) is 88.7 cm³/mol. The van der Waals surface area contributed by atoms with E-state index >= 15 is 0 Å². The fraction of sp³-hybridized carbons (Fsp3) is 0.444. The first kappa shape index (κ1) is 15.6. The molecule has 0 bridgehead atoms. The molecule has 0 radical (unpaired) electrons. The number of hydrogen-bond donors (Lipinski definition) is 1. The number of benzene rings is 1.